The normalized spacial score (nSPS) is 13.9. The van der Waals surface area contributed by atoms with Crippen molar-refractivity contribution >= 4 is 23.0 Å². The maximum Gasteiger partial charge on any atom is 0.335 e. The largest absolute Gasteiger partial charge is 0.491 e. The molecule has 0 spiro atoms. The van der Waals surface area contributed by atoms with Gasteiger partial charge in [-0.05, 0) is 91.1 Å². The predicted octanol–water partition coefficient (Wildman–Crippen LogP) is 8.46. The lowest BCUT2D eigenvalue weighted by Gasteiger charge is -2.22. The maximum absolute atomic E-state index is 11.3. The van der Waals surface area contributed by atoms with E-state index in [9.17, 15) is 19.8 Å². The van der Waals surface area contributed by atoms with Gasteiger partial charge in [0.25, 0.3) is 0 Å². The Morgan fingerprint density at radius 3 is 1.72 bits per heavy atom. The van der Waals surface area contributed by atoms with Gasteiger partial charge in [0.15, 0.2) is 6.29 Å². The Bertz CT molecular complexity index is 2290. The molecule has 2 N–H and O–H groups in total. The van der Waals surface area contributed by atoms with Crippen LogP contribution in [0.2, 0.25) is 0 Å². The van der Waals surface area contributed by atoms with E-state index < -0.39 is 11.9 Å². The molecule has 12 nitrogen and oxygen atoms in total. The zero-order chi connectivity index (χ0) is 39.4. The molecule has 0 bridgehead atoms. The number of fused-ring (bicyclic) bond motifs is 1. The number of carboxylic acids is 2. The fourth-order valence-corrected chi connectivity index (χ4v) is 6.21. The van der Waals surface area contributed by atoms with Crippen molar-refractivity contribution < 1.29 is 48.2 Å². The Morgan fingerprint density at radius 2 is 1.16 bits per heavy atom. The summed E-state index contributed by atoms with van der Waals surface area (Å²) in [6, 6.07) is 33.9. The molecule has 1 aromatic heterocycles. The van der Waals surface area contributed by atoms with Crippen LogP contribution < -0.4 is 14.2 Å². The van der Waals surface area contributed by atoms with E-state index in [2.05, 4.69) is 0 Å². The van der Waals surface area contributed by atoms with Crippen LogP contribution in [0.4, 0.5) is 0 Å². The summed E-state index contributed by atoms with van der Waals surface area (Å²) < 4.78 is 35.3. The summed E-state index contributed by atoms with van der Waals surface area (Å²) in [4.78, 5) is 32.8. The molecule has 0 saturated carbocycles. The molecule has 1 atom stereocenters. The smallest absolute Gasteiger partial charge is 0.335 e. The first-order chi connectivity index (χ1) is 27.9. The molecular weight excluding hydrogens is 728 g/mol. The minimum Gasteiger partial charge on any atom is -0.491 e. The number of ether oxygens (including phenoxy) is 6. The summed E-state index contributed by atoms with van der Waals surface area (Å²) in [5, 5.41) is 18.5. The van der Waals surface area contributed by atoms with Crippen molar-refractivity contribution in [1.29, 1.82) is 0 Å². The van der Waals surface area contributed by atoms with E-state index in [1.54, 1.807) is 48.5 Å². The van der Waals surface area contributed by atoms with Crippen molar-refractivity contribution in [3.8, 4) is 39.8 Å². The van der Waals surface area contributed by atoms with E-state index in [-0.39, 0.29) is 30.6 Å². The van der Waals surface area contributed by atoms with Crippen LogP contribution in [0.25, 0.3) is 33.5 Å². The van der Waals surface area contributed by atoms with Gasteiger partial charge in [-0.2, -0.15) is 0 Å². The number of benzene rings is 5. The summed E-state index contributed by atoms with van der Waals surface area (Å²) in [7, 11) is 0. The summed E-state index contributed by atoms with van der Waals surface area (Å²) in [6.45, 7) is 2.88. The van der Waals surface area contributed by atoms with Crippen molar-refractivity contribution in [2.24, 2.45) is 0 Å². The predicted molar refractivity (Wildman–Crippen MR) is 212 cm³/mol. The fourth-order valence-electron chi connectivity index (χ4n) is 6.21. The number of aromatic nitrogens is 2. The monoisotopic (exact) mass is 770 g/mol. The summed E-state index contributed by atoms with van der Waals surface area (Å²) >= 11 is 0. The summed E-state index contributed by atoms with van der Waals surface area (Å²) in [5.41, 5.74) is 6.16. The number of nitrogens with zero attached hydrogens (tertiary/aromatic N) is 2. The third-order valence-corrected chi connectivity index (χ3v) is 9.23. The molecule has 1 aliphatic rings. The number of rotatable bonds is 18. The van der Waals surface area contributed by atoms with Gasteiger partial charge < -0.3 is 38.6 Å². The van der Waals surface area contributed by atoms with Crippen LogP contribution >= 0.6 is 0 Å². The van der Waals surface area contributed by atoms with Crippen molar-refractivity contribution in [3.05, 3.63) is 138 Å². The highest BCUT2D eigenvalue weighted by atomic mass is 16.7. The Kier molecular flexibility index (Phi) is 13.0. The molecule has 1 fully saturated rings. The Labute approximate surface area is 329 Å². The van der Waals surface area contributed by atoms with E-state index in [4.69, 9.17) is 38.4 Å². The summed E-state index contributed by atoms with van der Waals surface area (Å²) in [5.74, 6) is -0.135. The topological polar surface area (TPSA) is 156 Å². The van der Waals surface area contributed by atoms with Gasteiger partial charge in [-0.3, -0.25) is 0 Å². The molecule has 12 heteroatoms. The quantitative estimate of drug-likeness (QED) is 0.0806. The first-order valence-electron chi connectivity index (χ1n) is 18.7. The molecule has 292 valence electrons. The molecule has 1 saturated heterocycles. The lowest BCUT2D eigenvalue weighted by molar-refractivity contribution is -0.169. The molecule has 2 heterocycles. The van der Waals surface area contributed by atoms with Crippen LogP contribution in [-0.4, -0.2) is 71.4 Å². The van der Waals surface area contributed by atoms with Crippen LogP contribution in [0.1, 0.15) is 51.1 Å². The minimum absolute atomic E-state index is 0.142. The second-order valence-electron chi connectivity index (χ2n) is 13.3. The van der Waals surface area contributed by atoms with Crippen LogP contribution in [0.15, 0.2) is 115 Å². The van der Waals surface area contributed by atoms with Crippen molar-refractivity contribution in [1.82, 2.24) is 9.97 Å². The van der Waals surface area contributed by atoms with Crippen molar-refractivity contribution in [2.75, 3.05) is 33.0 Å². The zero-order valence-corrected chi connectivity index (χ0v) is 31.2. The highest BCUT2D eigenvalue weighted by Gasteiger charge is 2.17. The van der Waals surface area contributed by atoms with Crippen LogP contribution in [0.3, 0.4) is 0 Å². The molecule has 0 amide bonds. The van der Waals surface area contributed by atoms with Crippen molar-refractivity contribution in [3.63, 3.8) is 0 Å². The summed E-state index contributed by atoms with van der Waals surface area (Å²) in [6.07, 6.45) is 2.97. The molecular formula is C45H42N2O10. The first-order valence-corrected chi connectivity index (χ1v) is 18.7. The standard InChI is InChI=1S/C45H42N2O10/c48-44(49)32-14-10-30(11-15-32)28-56-36-7-3-5-34(25-36)42-43(35-6-4-8-37(26-35)57-29-31-12-16-33(17-13-31)45(50)51)47-40-27-38(18-19-39(40)46-42)53-23-21-52-22-24-55-41-9-1-2-20-54-41/h3-8,10-19,25-27,41H,1-2,9,20-24,28-29H2,(H,48,49)(H,50,51). The van der Waals surface area contributed by atoms with Gasteiger partial charge in [0.1, 0.15) is 37.1 Å². The van der Waals surface area contributed by atoms with Crippen molar-refractivity contribution in [2.45, 2.75) is 38.8 Å². The molecule has 6 aromatic rings. The van der Waals surface area contributed by atoms with Gasteiger partial charge in [-0.15, -0.1) is 0 Å². The molecule has 1 unspecified atom stereocenters. The second-order valence-corrected chi connectivity index (χ2v) is 13.3. The molecule has 0 radical (unpaired) electrons. The van der Waals surface area contributed by atoms with Gasteiger partial charge >= 0.3 is 11.9 Å². The van der Waals surface area contributed by atoms with Gasteiger partial charge in [-0.1, -0.05) is 48.5 Å². The number of hydrogen-bond donors (Lipinski definition) is 2. The second kappa shape index (κ2) is 19.0. The van der Waals surface area contributed by atoms with E-state index in [0.29, 0.717) is 66.1 Å². The average Bonchev–Trinajstić information content (AvgIpc) is 3.25. The Balaban J connectivity index is 1.10. The average molecular weight is 771 g/mol. The minimum atomic E-state index is -0.985. The van der Waals surface area contributed by atoms with Gasteiger partial charge in [-0.25, -0.2) is 19.6 Å². The maximum atomic E-state index is 11.3. The SMILES string of the molecule is O=C(O)c1ccc(COc2cccc(-c3nc4ccc(OCCOCCOC5CCCCO5)cc4nc3-c3cccc(OCc4ccc(C(=O)O)cc4)c3)c2)cc1. The lowest BCUT2D eigenvalue weighted by atomic mass is 10.0. The van der Waals surface area contributed by atoms with Gasteiger partial charge in [0.05, 0.1) is 53.4 Å². The Hall–Kier alpha value is -6.34. The van der Waals surface area contributed by atoms with Crippen LogP contribution in [-0.2, 0) is 27.4 Å². The Morgan fingerprint density at radius 1 is 0.596 bits per heavy atom. The number of aromatic carboxylic acids is 2. The van der Waals surface area contributed by atoms with E-state index >= 15 is 0 Å². The lowest BCUT2D eigenvalue weighted by Crippen LogP contribution is -2.24. The number of hydrogen-bond acceptors (Lipinski definition) is 10. The zero-order valence-electron chi connectivity index (χ0n) is 31.2. The molecule has 5 aromatic carbocycles. The molecule has 57 heavy (non-hydrogen) atoms. The first kappa shape index (κ1) is 38.9. The van der Waals surface area contributed by atoms with E-state index in [1.807, 2.05) is 66.7 Å². The van der Waals surface area contributed by atoms with Gasteiger partial charge in [0, 0.05) is 23.8 Å². The highest BCUT2D eigenvalue weighted by molar-refractivity contribution is 5.89. The third kappa shape index (κ3) is 10.7. The molecule has 7 rings (SSSR count). The van der Waals surface area contributed by atoms with Gasteiger partial charge in [0.2, 0.25) is 0 Å². The van der Waals surface area contributed by atoms with Crippen LogP contribution in [0.5, 0.6) is 17.2 Å². The third-order valence-electron chi connectivity index (χ3n) is 9.23. The van der Waals surface area contributed by atoms with E-state index in [1.165, 1.54) is 0 Å². The fraction of sp³-hybridized carbons (Fsp3) is 0.244. The molecule has 0 aliphatic carbocycles. The number of carboxylic acid groups (broad SMARTS) is 2. The van der Waals surface area contributed by atoms with Crippen LogP contribution in [0, 0.1) is 0 Å². The molecule has 1 aliphatic heterocycles. The van der Waals surface area contributed by atoms with E-state index in [0.717, 1.165) is 48.1 Å². The highest BCUT2D eigenvalue weighted by Crippen LogP contribution is 2.35. The number of carbonyl (C=O) groups is 2.